The summed E-state index contributed by atoms with van der Waals surface area (Å²) in [6.07, 6.45) is 5.34. The van der Waals surface area contributed by atoms with Crippen LogP contribution in [-0.4, -0.2) is 54.1 Å². The van der Waals surface area contributed by atoms with Gasteiger partial charge in [-0.05, 0) is 70.0 Å². The van der Waals surface area contributed by atoms with E-state index in [-0.39, 0.29) is 11.9 Å². The Morgan fingerprint density at radius 2 is 2.03 bits per heavy atom. The number of rotatable bonds is 5. The van der Waals surface area contributed by atoms with E-state index in [4.69, 9.17) is 4.74 Å². The maximum absolute atomic E-state index is 12.4. The predicted molar refractivity (Wildman–Crippen MR) is 131 cm³/mol. The summed E-state index contributed by atoms with van der Waals surface area (Å²) in [5.74, 6) is 0.184. The van der Waals surface area contributed by atoms with E-state index in [1.807, 2.05) is 45.0 Å². The Morgan fingerprint density at radius 3 is 2.67 bits per heavy atom. The van der Waals surface area contributed by atoms with Gasteiger partial charge in [-0.2, -0.15) is 0 Å². The summed E-state index contributed by atoms with van der Waals surface area (Å²) < 4.78 is 5.46. The molecule has 0 spiro atoms. The number of nitrogens with one attached hydrogen (secondary N) is 2. The highest BCUT2D eigenvalue weighted by atomic mass is 16.6. The van der Waals surface area contributed by atoms with Crippen molar-refractivity contribution in [3.05, 3.63) is 54.1 Å². The molecule has 9 heteroatoms. The van der Waals surface area contributed by atoms with Crippen LogP contribution >= 0.6 is 0 Å². The first-order chi connectivity index (χ1) is 15.7. The number of benzene rings is 1. The number of anilines is 1. The van der Waals surface area contributed by atoms with Gasteiger partial charge in [0.05, 0.1) is 17.4 Å². The molecule has 0 aliphatic carbocycles. The van der Waals surface area contributed by atoms with Crippen LogP contribution in [0, 0.1) is 0 Å². The Labute approximate surface area is 193 Å². The molecule has 0 atom stereocenters. The van der Waals surface area contributed by atoms with E-state index >= 15 is 0 Å². The minimum Gasteiger partial charge on any atom is -0.444 e. The highest BCUT2D eigenvalue weighted by molar-refractivity contribution is 6.01. The molecule has 0 radical (unpaired) electrons. The lowest BCUT2D eigenvalue weighted by atomic mass is 9.97. The molecule has 3 amide bonds. The SMILES string of the molecule is C=N/C=C(\N=C)NC(=O)Nc1ccnc2ccc(C3=CCN(C(=O)OC(C)(C)C)CC3)cc12. The van der Waals surface area contributed by atoms with E-state index in [2.05, 4.69) is 39.0 Å². The molecular formula is C24H28N6O3. The van der Waals surface area contributed by atoms with Crippen molar-refractivity contribution in [2.75, 3.05) is 18.4 Å². The first-order valence-corrected chi connectivity index (χ1v) is 10.5. The molecule has 1 aliphatic heterocycles. The number of carbonyl (C=O) groups is 2. The fourth-order valence-corrected chi connectivity index (χ4v) is 3.35. The molecule has 0 unspecified atom stereocenters. The summed E-state index contributed by atoms with van der Waals surface area (Å²) in [7, 11) is 0. The zero-order valence-electron chi connectivity index (χ0n) is 19.1. The molecule has 0 saturated carbocycles. The van der Waals surface area contributed by atoms with Gasteiger partial charge in [0.15, 0.2) is 5.82 Å². The molecule has 0 saturated heterocycles. The molecule has 2 aromatic rings. The Hall–Kier alpha value is -4.01. The van der Waals surface area contributed by atoms with E-state index in [1.165, 1.54) is 6.20 Å². The molecule has 0 fully saturated rings. The third-order valence-electron chi connectivity index (χ3n) is 4.85. The van der Waals surface area contributed by atoms with E-state index < -0.39 is 11.6 Å². The Bertz CT molecular complexity index is 1150. The lowest BCUT2D eigenvalue weighted by molar-refractivity contribution is 0.0270. The number of pyridine rings is 1. The highest BCUT2D eigenvalue weighted by Crippen LogP contribution is 2.29. The van der Waals surface area contributed by atoms with Crippen LogP contribution in [0.5, 0.6) is 0 Å². The van der Waals surface area contributed by atoms with Gasteiger partial charge < -0.3 is 15.0 Å². The number of fused-ring (bicyclic) bond motifs is 1. The highest BCUT2D eigenvalue weighted by Gasteiger charge is 2.24. The van der Waals surface area contributed by atoms with E-state index in [0.717, 1.165) is 22.0 Å². The van der Waals surface area contributed by atoms with Gasteiger partial charge in [0.2, 0.25) is 0 Å². The van der Waals surface area contributed by atoms with Crippen LogP contribution in [0.1, 0.15) is 32.8 Å². The maximum atomic E-state index is 12.4. The summed E-state index contributed by atoms with van der Waals surface area (Å²) in [6.45, 7) is 13.3. The molecular weight excluding hydrogens is 420 g/mol. The van der Waals surface area contributed by atoms with E-state index in [1.54, 1.807) is 17.2 Å². The Kier molecular flexibility index (Phi) is 7.22. The minimum absolute atomic E-state index is 0.184. The smallest absolute Gasteiger partial charge is 0.410 e. The van der Waals surface area contributed by atoms with Gasteiger partial charge in [-0.3, -0.25) is 15.3 Å². The van der Waals surface area contributed by atoms with E-state index in [9.17, 15) is 9.59 Å². The number of carbonyl (C=O) groups excluding carboxylic acids is 2. The van der Waals surface area contributed by atoms with Crippen LogP contribution in [0.3, 0.4) is 0 Å². The topological polar surface area (TPSA) is 108 Å². The largest absolute Gasteiger partial charge is 0.444 e. The van der Waals surface area contributed by atoms with Crippen LogP contribution in [0.15, 0.2) is 58.5 Å². The third-order valence-corrected chi connectivity index (χ3v) is 4.85. The molecule has 2 heterocycles. The molecule has 1 aliphatic rings. The van der Waals surface area contributed by atoms with Gasteiger partial charge in [-0.15, -0.1) is 0 Å². The number of urea groups is 1. The Morgan fingerprint density at radius 1 is 1.24 bits per heavy atom. The first kappa shape index (κ1) is 23.6. The van der Waals surface area contributed by atoms with Gasteiger partial charge in [0.1, 0.15) is 5.60 Å². The third kappa shape index (κ3) is 6.25. The van der Waals surface area contributed by atoms with Crippen LogP contribution in [0.4, 0.5) is 15.3 Å². The van der Waals surface area contributed by atoms with Crippen LogP contribution in [0.2, 0.25) is 0 Å². The molecule has 0 bridgehead atoms. The van der Waals surface area contributed by atoms with Crippen molar-refractivity contribution >= 4 is 47.7 Å². The standard InChI is InChI=1S/C24H28N6O3/c1-24(2,3)33-23(32)30-12-9-16(10-13-30)17-6-7-19-18(14-17)20(8-11-27-19)28-22(31)29-21(26-5)15-25-4/h6-9,11,14-15H,4-5,10,12-13H2,1-3H3,(H2,27,28,29,31)/b21-15+. The second-order valence-electron chi connectivity index (χ2n) is 8.43. The monoisotopic (exact) mass is 448 g/mol. The van der Waals surface area contributed by atoms with E-state index in [0.29, 0.717) is 25.2 Å². The fourth-order valence-electron chi connectivity index (χ4n) is 3.35. The average molecular weight is 449 g/mol. The summed E-state index contributed by atoms with van der Waals surface area (Å²) in [6, 6.07) is 7.13. The van der Waals surface area contributed by atoms with Gasteiger partial charge in [0.25, 0.3) is 0 Å². The zero-order valence-corrected chi connectivity index (χ0v) is 19.1. The lowest BCUT2D eigenvalue weighted by Gasteiger charge is -2.29. The summed E-state index contributed by atoms with van der Waals surface area (Å²) >= 11 is 0. The second kappa shape index (κ2) is 10.1. The molecule has 2 N–H and O–H groups in total. The number of hydrogen-bond donors (Lipinski definition) is 2. The predicted octanol–water partition coefficient (Wildman–Crippen LogP) is 4.58. The van der Waals surface area contributed by atoms with Crippen LogP contribution < -0.4 is 10.6 Å². The number of nitrogens with zero attached hydrogens (tertiary/aromatic N) is 4. The number of ether oxygens (including phenoxy) is 1. The number of aliphatic imine (C=N–C) groups is 2. The minimum atomic E-state index is -0.525. The number of amides is 3. The van der Waals surface area contributed by atoms with Crippen molar-refractivity contribution in [2.24, 2.45) is 9.98 Å². The van der Waals surface area contributed by atoms with Crippen molar-refractivity contribution < 1.29 is 14.3 Å². The number of hydrogen-bond acceptors (Lipinski definition) is 6. The molecule has 1 aromatic heterocycles. The second-order valence-corrected chi connectivity index (χ2v) is 8.43. The van der Waals surface area contributed by atoms with Gasteiger partial charge in [-0.25, -0.2) is 14.6 Å². The average Bonchev–Trinajstić information content (AvgIpc) is 2.77. The number of aromatic nitrogens is 1. The van der Waals surface area contributed by atoms with Gasteiger partial charge >= 0.3 is 12.1 Å². The quantitative estimate of drug-likeness (QED) is 0.653. The Balaban J connectivity index is 1.79. The van der Waals surface area contributed by atoms with Gasteiger partial charge in [-0.1, -0.05) is 12.1 Å². The van der Waals surface area contributed by atoms with Crippen molar-refractivity contribution in [1.29, 1.82) is 0 Å². The van der Waals surface area contributed by atoms with Gasteiger partial charge in [0, 0.05) is 24.7 Å². The fraction of sp³-hybridized carbons (Fsp3) is 0.292. The van der Waals surface area contributed by atoms with Crippen molar-refractivity contribution in [1.82, 2.24) is 15.2 Å². The van der Waals surface area contributed by atoms with Crippen molar-refractivity contribution in [2.45, 2.75) is 32.8 Å². The van der Waals surface area contributed by atoms with Crippen molar-refractivity contribution in [3.8, 4) is 0 Å². The zero-order chi connectivity index (χ0) is 24.0. The molecule has 9 nitrogen and oxygen atoms in total. The first-order valence-electron chi connectivity index (χ1n) is 10.5. The molecule has 1 aromatic carbocycles. The normalized spacial score (nSPS) is 14.3. The lowest BCUT2D eigenvalue weighted by Crippen LogP contribution is -2.39. The van der Waals surface area contributed by atoms with Crippen LogP contribution in [0.25, 0.3) is 16.5 Å². The molecule has 172 valence electrons. The summed E-state index contributed by atoms with van der Waals surface area (Å²) in [5.41, 5.74) is 2.94. The molecule has 3 rings (SSSR count). The summed E-state index contributed by atoms with van der Waals surface area (Å²) in [5, 5.41) is 6.16. The van der Waals surface area contributed by atoms with Crippen molar-refractivity contribution in [3.63, 3.8) is 0 Å². The maximum Gasteiger partial charge on any atom is 0.410 e. The molecule has 33 heavy (non-hydrogen) atoms. The summed E-state index contributed by atoms with van der Waals surface area (Å²) in [4.78, 5) is 38.0. The van der Waals surface area contributed by atoms with Crippen LogP contribution in [-0.2, 0) is 4.74 Å².